The molecule has 0 bridgehead atoms. The third-order valence-electron chi connectivity index (χ3n) is 3.72. The van der Waals surface area contributed by atoms with E-state index in [-0.39, 0.29) is 0 Å². The number of aryl methyl sites for hydroxylation is 1. The fraction of sp³-hybridized carbons (Fsp3) is 0.333. The normalized spacial score (nSPS) is 13.8. The van der Waals surface area contributed by atoms with Gasteiger partial charge in [-0.1, -0.05) is 16.8 Å². The highest BCUT2D eigenvalue weighted by Gasteiger charge is 2.19. The Kier molecular flexibility index (Phi) is 3.84. The molecular formula is C15H16ClN3O2. The number of halogens is 1. The molecule has 1 heterocycles. The molecule has 0 radical (unpaired) electrons. The molecule has 1 aliphatic rings. The van der Waals surface area contributed by atoms with E-state index in [1.807, 2.05) is 0 Å². The monoisotopic (exact) mass is 305 g/mol. The van der Waals surface area contributed by atoms with Crippen LogP contribution in [0.4, 0.5) is 5.69 Å². The first-order valence-electron chi connectivity index (χ1n) is 6.94. The maximum absolute atomic E-state index is 11.4. The predicted molar refractivity (Wildman–Crippen MR) is 80.4 cm³/mol. The van der Waals surface area contributed by atoms with Gasteiger partial charge >= 0.3 is 0 Å². The van der Waals surface area contributed by atoms with Gasteiger partial charge in [0.15, 0.2) is 0 Å². The van der Waals surface area contributed by atoms with Gasteiger partial charge in [-0.3, -0.25) is 4.79 Å². The van der Waals surface area contributed by atoms with Crippen molar-refractivity contribution in [3.8, 4) is 0 Å². The zero-order valence-corrected chi connectivity index (χ0v) is 12.2. The van der Waals surface area contributed by atoms with E-state index >= 15 is 0 Å². The lowest BCUT2D eigenvalue weighted by Gasteiger charge is -2.12. The fourth-order valence-corrected chi connectivity index (χ4v) is 2.82. The summed E-state index contributed by atoms with van der Waals surface area (Å²) in [6, 6.07) is 4.95. The second-order valence-electron chi connectivity index (χ2n) is 5.15. The molecule has 1 aromatic heterocycles. The van der Waals surface area contributed by atoms with E-state index in [2.05, 4.69) is 10.5 Å². The van der Waals surface area contributed by atoms with Gasteiger partial charge in [0.25, 0.3) is 5.91 Å². The SMILES string of the molecule is NC(=O)c1ccc(Cl)cc1NCc1noc2c1CCCC2. The van der Waals surface area contributed by atoms with E-state index in [0.29, 0.717) is 22.8 Å². The fourth-order valence-electron chi connectivity index (χ4n) is 2.64. The van der Waals surface area contributed by atoms with Gasteiger partial charge in [-0.25, -0.2) is 0 Å². The van der Waals surface area contributed by atoms with E-state index in [1.54, 1.807) is 18.2 Å². The smallest absolute Gasteiger partial charge is 0.250 e. The van der Waals surface area contributed by atoms with E-state index in [4.69, 9.17) is 21.9 Å². The average Bonchev–Trinajstić information content (AvgIpc) is 2.88. The van der Waals surface area contributed by atoms with E-state index in [1.165, 1.54) is 5.56 Å². The standard InChI is InChI=1S/C15H16ClN3O2/c16-9-5-6-11(15(17)20)12(7-9)18-8-13-10-3-1-2-4-14(10)21-19-13/h5-7,18H,1-4,8H2,(H2,17,20). The molecule has 0 unspecified atom stereocenters. The van der Waals surface area contributed by atoms with E-state index in [9.17, 15) is 4.79 Å². The molecule has 0 fully saturated rings. The van der Waals surface area contributed by atoms with Crippen LogP contribution in [-0.2, 0) is 19.4 Å². The molecule has 3 N–H and O–H groups in total. The number of rotatable bonds is 4. The zero-order valence-electron chi connectivity index (χ0n) is 11.5. The van der Waals surface area contributed by atoms with Crippen LogP contribution in [-0.4, -0.2) is 11.1 Å². The lowest BCUT2D eigenvalue weighted by Crippen LogP contribution is -2.15. The van der Waals surface area contributed by atoms with Gasteiger partial charge in [0, 0.05) is 22.7 Å². The van der Waals surface area contributed by atoms with Crippen LogP contribution in [0.2, 0.25) is 5.02 Å². The summed E-state index contributed by atoms with van der Waals surface area (Å²) in [5.74, 6) is 0.496. The molecule has 1 amide bonds. The summed E-state index contributed by atoms with van der Waals surface area (Å²) in [5.41, 5.74) is 8.48. The third-order valence-corrected chi connectivity index (χ3v) is 3.96. The molecule has 2 aromatic rings. The Bertz CT molecular complexity index is 682. The second-order valence-corrected chi connectivity index (χ2v) is 5.58. The van der Waals surface area contributed by atoms with Crippen LogP contribution in [0.15, 0.2) is 22.7 Å². The van der Waals surface area contributed by atoms with Crippen LogP contribution >= 0.6 is 11.6 Å². The van der Waals surface area contributed by atoms with Gasteiger partial charge in [-0.2, -0.15) is 0 Å². The van der Waals surface area contributed by atoms with Gasteiger partial charge < -0.3 is 15.6 Å². The molecule has 6 heteroatoms. The number of anilines is 1. The maximum atomic E-state index is 11.4. The number of nitrogens with zero attached hydrogens (tertiary/aromatic N) is 1. The number of benzene rings is 1. The third kappa shape index (κ3) is 2.88. The molecule has 0 atom stereocenters. The summed E-state index contributed by atoms with van der Waals surface area (Å²) in [6.45, 7) is 0.486. The van der Waals surface area contributed by atoms with Crippen molar-refractivity contribution in [1.29, 1.82) is 0 Å². The highest BCUT2D eigenvalue weighted by Crippen LogP contribution is 2.26. The minimum Gasteiger partial charge on any atom is -0.379 e. The molecule has 0 aliphatic heterocycles. The Labute approximate surface area is 127 Å². The summed E-state index contributed by atoms with van der Waals surface area (Å²) in [7, 11) is 0. The Morgan fingerprint density at radius 1 is 1.38 bits per heavy atom. The Hall–Kier alpha value is -2.01. The Morgan fingerprint density at radius 2 is 2.19 bits per heavy atom. The van der Waals surface area contributed by atoms with Crippen molar-refractivity contribution in [2.45, 2.75) is 32.2 Å². The topological polar surface area (TPSA) is 81.2 Å². The van der Waals surface area contributed by atoms with Crippen molar-refractivity contribution in [2.24, 2.45) is 5.73 Å². The first-order valence-corrected chi connectivity index (χ1v) is 7.32. The van der Waals surface area contributed by atoms with Gasteiger partial charge in [0.1, 0.15) is 11.5 Å². The molecule has 110 valence electrons. The molecule has 1 aliphatic carbocycles. The molecule has 21 heavy (non-hydrogen) atoms. The van der Waals surface area contributed by atoms with Crippen molar-refractivity contribution < 1.29 is 9.32 Å². The molecule has 5 nitrogen and oxygen atoms in total. The number of carbonyl (C=O) groups is 1. The summed E-state index contributed by atoms with van der Waals surface area (Å²) in [6.07, 6.45) is 4.25. The number of fused-ring (bicyclic) bond motifs is 1. The number of amides is 1. The number of aromatic nitrogens is 1. The predicted octanol–water partition coefficient (Wildman–Crippen LogP) is 2.92. The van der Waals surface area contributed by atoms with Gasteiger partial charge in [-0.15, -0.1) is 0 Å². The minimum atomic E-state index is -0.489. The summed E-state index contributed by atoms with van der Waals surface area (Å²) in [5, 5.41) is 7.85. The van der Waals surface area contributed by atoms with E-state index in [0.717, 1.165) is 37.1 Å². The number of nitrogens with two attached hydrogens (primary N) is 1. The van der Waals surface area contributed by atoms with Gasteiger partial charge in [0.2, 0.25) is 0 Å². The highest BCUT2D eigenvalue weighted by atomic mass is 35.5. The van der Waals surface area contributed by atoms with Crippen LogP contribution in [0.1, 0.15) is 40.2 Å². The first-order chi connectivity index (χ1) is 10.1. The van der Waals surface area contributed by atoms with Gasteiger partial charge in [-0.05, 0) is 37.5 Å². The number of nitrogens with one attached hydrogen (secondary N) is 1. The number of hydrogen-bond donors (Lipinski definition) is 2. The van der Waals surface area contributed by atoms with Crippen molar-refractivity contribution >= 4 is 23.2 Å². The largest absolute Gasteiger partial charge is 0.379 e. The highest BCUT2D eigenvalue weighted by molar-refractivity contribution is 6.31. The number of primary amides is 1. The number of carbonyl (C=O) groups excluding carboxylic acids is 1. The first kappa shape index (κ1) is 13.9. The van der Waals surface area contributed by atoms with Crippen LogP contribution in [0.3, 0.4) is 0 Å². The zero-order chi connectivity index (χ0) is 14.8. The van der Waals surface area contributed by atoms with Crippen LogP contribution in [0.25, 0.3) is 0 Å². The molecule has 0 spiro atoms. The minimum absolute atomic E-state index is 0.414. The average molecular weight is 306 g/mol. The number of hydrogen-bond acceptors (Lipinski definition) is 4. The van der Waals surface area contributed by atoms with Gasteiger partial charge in [0.05, 0.1) is 12.1 Å². The van der Waals surface area contributed by atoms with Crippen LogP contribution < -0.4 is 11.1 Å². The molecule has 0 saturated carbocycles. The molecule has 3 rings (SSSR count). The maximum Gasteiger partial charge on any atom is 0.250 e. The van der Waals surface area contributed by atoms with Crippen molar-refractivity contribution in [3.05, 3.63) is 45.8 Å². The summed E-state index contributed by atoms with van der Waals surface area (Å²) in [4.78, 5) is 11.4. The Balaban J connectivity index is 1.80. The van der Waals surface area contributed by atoms with Crippen molar-refractivity contribution in [3.63, 3.8) is 0 Å². The quantitative estimate of drug-likeness (QED) is 0.910. The summed E-state index contributed by atoms with van der Waals surface area (Å²) < 4.78 is 5.37. The summed E-state index contributed by atoms with van der Waals surface area (Å²) >= 11 is 5.97. The second kappa shape index (κ2) is 5.77. The lowest BCUT2D eigenvalue weighted by atomic mass is 9.96. The Morgan fingerprint density at radius 3 is 3.00 bits per heavy atom. The van der Waals surface area contributed by atoms with E-state index < -0.39 is 5.91 Å². The lowest BCUT2D eigenvalue weighted by molar-refractivity contribution is 0.100. The molecule has 0 saturated heterocycles. The van der Waals surface area contributed by atoms with Crippen LogP contribution in [0, 0.1) is 0 Å². The van der Waals surface area contributed by atoms with Crippen LogP contribution in [0.5, 0.6) is 0 Å². The molecule has 1 aromatic carbocycles. The van der Waals surface area contributed by atoms with Crippen molar-refractivity contribution in [1.82, 2.24) is 5.16 Å². The van der Waals surface area contributed by atoms with Crippen molar-refractivity contribution in [2.75, 3.05) is 5.32 Å². The molecular weight excluding hydrogens is 290 g/mol.